The van der Waals surface area contributed by atoms with E-state index in [-0.39, 0.29) is 5.25 Å². The molecule has 0 saturated carbocycles. The molecule has 1 aromatic carbocycles. The van der Waals surface area contributed by atoms with Gasteiger partial charge in [-0.05, 0) is 26.0 Å². The van der Waals surface area contributed by atoms with E-state index in [0.29, 0.717) is 13.2 Å². The first-order chi connectivity index (χ1) is 7.61. The molecule has 0 heterocycles. The van der Waals surface area contributed by atoms with Gasteiger partial charge in [0.05, 0.1) is 23.5 Å². The van der Waals surface area contributed by atoms with Crippen LogP contribution < -0.4 is 14.7 Å². The van der Waals surface area contributed by atoms with Gasteiger partial charge in [0.2, 0.25) is 0 Å². The maximum Gasteiger partial charge on any atom is 0.165 e. The summed E-state index contributed by atoms with van der Waals surface area (Å²) in [5.74, 6) is 1.55. The van der Waals surface area contributed by atoms with Gasteiger partial charge in [0.25, 0.3) is 0 Å². The lowest BCUT2D eigenvalue weighted by Gasteiger charge is -2.18. The van der Waals surface area contributed by atoms with Gasteiger partial charge in [0.15, 0.2) is 11.5 Å². The Hall–Kier alpha value is -0.613. The first-order valence-corrected chi connectivity index (χ1v) is 6.45. The molecule has 0 bridgehead atoms. The van der Waals surface area contributed by atoms with E-state index in [2.05, 4.69) is 22.9 Å². The van der Waals surface area contributed by atoms with E-state index in [1.54, 1.807) is 0 Å². The highest BCUT2D eigenvalue weighted by molar-refractivity contribution is 7.80. The summed E-state index contributed by atoms with van der Waals surface area (Å²) in [6.07, 6.45) is 0. The molecule has 0 amide bonds. The molecule has 87 valence electrons. The fourth-order valence-corrected chi connectivity index (χ4v) is 1.96. The van der Waals surface area contributed by atoms with Crippen molar-refractivity contribution in [2.24, 2.45) is 0 Å². The van der Waals surface area contributed by atoms with Crippen molar-refractivity contribution in [2.45, 2.75) is 26.0 Å². The molecule has 0 N–H and O–H groups in total. The van der Waals surface area contributed by atoms with Crippen LogP contribution in [0.2, 0.25) is 0 Å². The van der Waals surface area contributed by atoms with Crippen LogP contribution in [-0.4, -0.2) is 23.5 Å². The highest BCUT2D eigenvalue weighted by atomic mass is 32.1. The summed E-state index contributed by atoms with van der Waals surface area (Å²) in [7, 11) is 3.52. The van der Waals surface area contributed by atoms with Crippen molar-refractivity contribution in [2.75, 3.05) is 13.2 Å². The van der Waals surface area contributed by atoms with Crippen LogP contribution in [0.3, 0.4) is 0 Å². The second kappa shape index (κ2) is 6.20. The molecule has 1 atom stereocenters. The van der Waals surface area contributed by atoms with Crippen molar-refractivity contribution in [3.05, 3.63) is 17.7 Å². The molecule has 3 radical (unpaired) electrons. The number of thiol groups is 1. The lowest BCUT2D eigenvalue weighted by Crippen LogP contribution is -2.13. The lowest BCUT2D eigenvalue weighted by molar-refractivity contribution is 0.287. The summed E-state index contributed by atoms with van der Waals surface area (Å²) in [5, 5.41) is 1.02. The van der Waals surface area contributed by atoms with Crippen molar-refractivity contribution in [3.8, 4) is 11.5 Å². The van der Waals surface area contributed by atoms with E-state index in [1.165, 1.54) is 0 Å². The van der Waals surface area contributed by atoms with Crippen LogP contribution in [0.4, 0.5) is 0 Å². The molecule has 4 heteroatoms. The van der Waals surface area contributed by atoms with Gasteiger partial charge in [-0.25, -0.2) is 0 Å². The third-order valence-electron chi connectivity index (χ3n) is 2.17. The number of hydrogen-bond acceptors (Lipinski definition) is 3. The van der Waals surface area contributed by atoms with Crippen molar-refractivity contribution >= 4 is 28.1 Å². The second-order valence-electron chi connectivity index (χ2n) is 3.40. The Morgan fingerprint density at radius 3 is 2.25 bits per heavy atom. The molecule has 0 saturated heterocycles. The molecule has 1 aromatic rings. The average molecular weight is 253 g/mol. The molecule has 1 unspecified atom stereocenters. The molecule has 0 aromatic heterocycles. The Kier molecular flexibility index (Phi) is 5.22. The lowest BCUT2D eigenvalue weighted by atomic mass is 10.1. The molecule has 0 fully saturated rings. The van der Waals surface area contributed by atoms with E-state index in [9.17, 15) is 0 Å². The highest BCUT2D eigenvalue weighted by Gasteiger charge is 2.16. The number of hydrogen-bond donors (Lipinski definition) is 1. The van der Waals surface area contributed by atoms with Gasteiger partial charge in [0.1, 0.15) is 0 Å². The fraction of sp³-hybridized carbons (Fsp3) is 0.500. The Labute approximate surface area is 106 Å². The van der Waals surface area contributed by atoms with Crippen molar-refractivity contribution < 1.29 is 9.47 Å². The molecule has 0 aliphatic heterocycles. The SMILES string of the molecule is CCOc1c([Si])ccc(C(C)S)c1OCC. The maximum atomic E-state index is 5.66. The summed E-state index contributed by atoms with van der Waals surface area (Å²) >= 11 is 4.45. The van der Waals surface area contributed by atoms with E-state index in [0.717, 1.165) is 22.2 Å². The van der Waals surface area contributed by atoms with Crippen LogP contribution in [0.1, 0.15) is 31.6 Å². The van der Waals surface area contributed by atoms with Gasteiger partial charge in [-0.1, -0.05) is 12.1 Å². The van der Waals surface area contributed by atoms with Crippen molar-refractivity contribution in [1.82, 2.24) is 0 Å². The summed E-state index contributed by atoms with van der Waals surface area (Å²) in [4.78, 5) is 0. The summed E-state index contributed by atoms with van der Waals surface area (Å²) in [6, 6.07) is 3.97. The topological polar surface area (TPSA) is 18.5 Å². The number of benzene rings is 1. The van der Waals surface area contributed by atoms with Crippen LogP contribution in [0.15, 0.2) is 12.1 Å². The third-order valence-corrected chi connectivity index (χ3v) is 2.84. The highest BCUT2D eigenvalue weighted by Crippen LogP contribution is 2.35. The largest absolute Gasteiger partial charge is 0.490 e. The summed E-state index contributed by atoms with van der Waals surface area (Å²) < 4.78 is 11.3. The predicted octanol–water partition coefficient (Wildman–Crippen LogP) is 2.27. The number of rotatable bonds is 5. The first-order valence-electron chi connectivity index (χ1n) is 5.43. The zero-order chi connectivity index (χ0) is 12.1. The molecular weight excluding hydrogens is 236 g/mol. The molecule has 0 aliphatic rings. The predicted molar refractivity (Wildman–Crippen MR) is 71.6 cm³/mol. The third kappa shape index (κ3) is 2.95. The Morgan fingerprint density at radius 1 is 1.19 bits per heavy atom. The molecule has 16 heavy (non-hydrogen) atoms. The minimum atomic E-state index is 0.119. The van der Waals surface area contributed by atoms with E-state index in [4.69, 9.17) is 9.47 Å². The Morgan fingerprint density at radius 2 is 1.75 bits per heavy atom. The van der Waals surface area contributed by atoms with E-state index in [1.807, 2.05) is 32.9 Å². The van der Waals surface area contributed by atoms with Crippen LogP contribution in [0, 0.1) is 0 Å². The minimum absolute atomic E-state index is 0.119. The zero-order valence-electron chi connectivity index (χ0n) is 9.91. The summed E-state index contributed by atoms with van der Waals surface area (Å²) in [5.41, 5.74) is 1.05. The summed E-state index contributed by atoms with van der Waals surface area (Å²) in [6.45, 7) is 7.16. The van der Waals surface area contributed by atoms with Gasteiger partial charge < -0.3 is 9.47 Å². The van der Waals surface area contributed by atoms with Crippen LogP contribution in [-0.2, 0) is 0 Å². The monoisotopic (exact) mass is 253 g/mol. The van der Waals surface area contributed by atoms with E-state index >= 15 is 0 Å². The normalized spacial score (nSPS) is 12.3. The quantitative estimate of drug-likeness (QED) is 0.641. The Bertz CT molecular complexity index is 353. The van der Waals surface area contributed by atoms with Crippen molar-refractivity contribution in [3.63, 3.8) is 0 Å². The minimum Gasteiger partial charge on any atom is -0.490 e. The standard InChI is InChI=1S/C12H17O2SSi/c1-4-13-11-9(8(3)15)6-7-10(16)12(11)14-5-2/h6-8,15H,4-5H2,1-3H3. The molecule has 1 rings (SSSR count). The molecule has 0 spiro atoms. The van der Waals surface area contributed by atoms with Crippen LogP contribution in [0.25, 0.3) is 0 Å². The average Bonchev–Trinajstić information content (AvgIpc) is 2.23. The first kappa shape index (κ1) is 13.5. The molecule has 2 nitrogen and oxygen atoms in total. The van der Waals surface area contributed by atoms with Gasteiger partial charge in [0, 0.05) is 10.8 Å². The molecule has 0 aliphatic carbocycles. The van der Waals surface area contributed by atoms with Crippen LogP contribution >= 0.6 is 12.6 Å². The van der Waals surface area contributed by atoms with Gasteiger partial charge >= 0.3 is 0 Å². The molecular formula is C12H17O2SSi. The number of ether oxygens (including phenoxy) is 2. The van der Waals surface area contributed by atoms with Gasteiger partial charge in [-0.3, -0.25) is 0 Å². The fourth-order valence-electron chi connectivity index (χ4n) is 1.49. The maximum absolute atomic E-state index is 5.66. The van der Waals surface area contributed by atoms with E-state index < -0.39 is 0 Å². The van der Waals surface area contributed by atoms with Gasteiger partial charge in [-0.2, -0.15) is 12.6 Å². The zero-order valence-corrected chi connectivity index (χ0v) is 11.8. The Balaban J connectivity index is 3.25. The van der Waals surface area contributed by atoms with Crippen molar-refractivity contribution in [1.29, 1.82) is 0 Å². The van der Waals surface area contributed by atoms with Gasteiger partial charge in [-0.15, -0.1) is 0 Å². The van der Waals surface area contributed by atoms with Crippen LogP contribution in [0.5, 0.6) is 11.5 Å². The second-order valence-corrected chi connectivity index (χ2v) is 4.72. The smallest absolute Gasteiger partial charge is 0.165 e.